The molecule has 0 aromatic carbocycles. The Morgan fingerprint density at radius 3 is 2.38 bits per heavy atom. The summed E-state index contributed by atoms with van der Waals surface area (Å²) in [5, 5.41) is -0.102. The zero-order chi connectivity index (χ0) is 12.4. The van der Waals surface area contributed by atoms with Gasteiger partial charge in [0.15, 0.2) is 14.9 Å². The predicted octanol–water partition coefficient (Wildman–Crippen LogP) is 0.732. The van der Waals surface area contributed by atoms with Gasteiger partial charge in [-0.2, -0.15) is 0 Å². The fourth-order valence-corrected chi connectivity index (χ4v) is 4.32. The van der Waals surface area contributed by atoms with Gasteiger partial charge in [-0.25, -0.2) is 21.8 Å². The van der Waals surface area contributed by atoms with Gasteiger partial charge in [0.25, 0.3) is 0 Å². The van der Waals surface area contributed by atoms with E-state index >= 15 is 0 Å². The van der Waals surface area contributed by atoms with E-state index in [0.29, 0.717) is 5.56 Å². The lowest BCUT2D eigenvalue weighted by molar-refractivity contribution is 0.589. The maximum atomic E-state index is 11.7. The molecule has 0 bridgehead atoms. The molecule has 0 fully saturated rings. The molecule has 8 heteroatoms. The second kappa shape index (κ2) is 4.68. The average Bonchev–Trinajstić information content (AvgIpc) is 2.14. The summed E-state index contributed by atoms with van der Waals surface area (Å²) in [6.45, 7) is 1.59. The third-order valence-electron chi connectivity index (χ3n) is 1.85. The number of rotatable bonds is 4. The molecular formula is C8H10ClNO4S2. The van der Waals surface area contributed by atoms with Gasteiger partial charge in [-0.1, -0.05) is 6.07 Å². The van der Waals surface area contributed by atoms with Crippen molar-refractivity contribution in [3.63, 3.8) is 0 Å². The van der Waals surface area contributed by atoms with Gasteiger partial charge in [-0.05, 0) is 18.6 Å². The second-order valence-electron chi connectivity index (χ2n) is 3.19. The lowest BCUT2D eigenvalue weighted by Crippen LogP contribution is -2.16. The Kier molecular flexibility index (Phi) is 3.92. The van der Waals surface area contributed by atoms with Crippen LogP contribution in [-0.2, 0) is 18.9 Å². The van der Waals surface area contributed by atoms with Gasteiger partial charge in [-0.15, -0.1) is 0 Å². The van der Waals surface area contributed by atoms with Gasteiger partial charge >= 0.3 is 0 Å². The normalized spacial score (nSPS) is 12.6. The predicted molar refractivity (Wildman–Crippen MR) is 60.7 cm³/mol. The number of aryl methyl sites for hydroxylation is 1. The largest absolute Gasteiger partial charge is 0.244 e. The first kappa shape index (κ1) is 13.4. The van der Waals surface area contributed by atoms with Crippen molar-refractivity contribution in [1.82, 2.24) is 4.98 Å². The summed E-state index contributed by atoms with van der Waals surface area (Å²) in [4.78, 5) is 3.72. The van der Waals surface area contributed by atoms with Crippen molar-refractivity contribution in [3.05, 3.63) is 23.9 Å². The van der Waals surface area contributed by atoms with Crippen LogP contribution < -0.4 is 0 Å². The standard InChI is InChI=1S/C8H10ClNO4S2/c1-7-3-2-4-10-8(7)15(11,12)5-6-16(9,13)14/h2-4H,5-6H2,1H3. The fourth-order valence-electron chi connectivity index (χ4n) is 1.10. The summed E-state index contributed by atoms with van der Waals surface area (Å²) >= 11 is 0. The molecule has 0 radical (unpaired) electrons. The molecular weight excluding hydrogens is 274 g/mol. The number of nitrogens with zero attached hydrogens (tertiary/aromatic N) is 1. The molecule has 1 aromatic heterocycles. The van der Waals surface area contributed by atoms with Crippen molar-refractivity contribution in [2.24, 2.45) is 0 Å². The Morgan fingerprint density at radius 2 is 1.88 bits per heavy atom. The van der Waals surface area contributed by atoms with Crippen molar-refractivity contribution in [2.45, 2.75) is 11.9 Å². The molecule has 0 N–H and O–H groups in total. The van der Waals surface area contributed by atoms with E-state index in [4.69, 9.17) is 10.7 Å². The van der Waals surface area contributed by atoms with Crippen LogP contribution in [0, 0.1) is 6.92 Å². The molecule has 0 unspecified atom stereocenters. The molecule has 0 amide bonds. The lowest BCUT2D eigenvalue weighted by atomic mass is 10.3. The van der Waals surface area contributed by atoms with E-state index in [1.165, 1.54) is 6.20 Å². The minimum atomic E-state index is -3.81. The van der Waals surface area contributed by atoms with Crippen molar-refractivity contribution < 1.29 is 16.8 Å². The third-order valence-corrected chi connectivity index (χ3v) is 5.02. The minimum absolute atomic E-state index is 0.102. The minimum Gasteiger partial charge on any atom is -0.244 e. The van der Waals surface area contributed by atoms with E-state index in [2.05, 4.69) is 4.98 Å². The van der Waals surface area contributed by atoms with Crippen molar-refractivity contribution in [3.8, 4) is 0 Å². The number of pyridine rings is 1. The summed E-state index contributed by atoms with van der Waals surface area (Å²) in [6.07, 6.45) is 1.34. The van der Waals surface area contributed by atoms with E-state index in [1.54, 1.807) is 19.1 Å². The Hall–Kier alpha value is -0.660. The highest BCUT2D eigenvalue weighted by Crippen LogP contribution is 2.13. The Bertz CT molecular complexity index is 580. The zero-order valence-corrected chi connectivity index (χ0v) is 10.8. The highest BCUT2D eigenvalue weighted by atomic mass is 35.7. The summed E-state index contributed by atoms with van der Waals surface area (Å²) in [5.74, 6) is -1.18. The zero-order valence-electron chi connectivity index (χ0n) is 8.42. The Labute approximate surface area is 98.8 Å². The van der Waals surface area contributed by atoms with E-state index in [-0.39, 0.29) is 5.03 Å². The summed E-state index contributed by atoms with van der Waals surface area (Å²) in [7, 11) is -2.56. The number of hydrogen-bond acceptors (Lipinski definition) is 5. The SMILES string of the molecule is Cc1cccnc1S(=O)(=O)CCS(=O)(=O)Cl. The van der Waals surface area contributed by atoms with Crippen LogP contribution in [0.3, 0.4) is 0 Å². The maximum Gasteiger partial charge on any atom is 0.233 e. The quantitative estimate of drug-likeness (QED) is 0.761. The molecule has 16 heavy (non-hydrogen) atoms. The van der Waals surface area contributed by atoms with Crippen LogP contribution in [0.5, 0.6) is 0 Å². The lowest BCUT2D eigenvalue weighted by Gasteiger charge is -2.04. The van der Waals surface area contributed by atoms with Crippen LogP contribution in [0.2, 0.25) is 0 Å². The molecule has 0 atom stereocenters. The number of aromatic nitrogens is 1. The van der Waals surface area contributed by atoms with Gasteiger partial charge in [0.1, 0.15) is 0 Å². The molecule has 90 valence electrons. The molecule has 0 aliphatic rings. The summed E-state index contributed by atoms with van der Waals surface area (Å²) in [6, 6.07) is 3.20. The second-order valence-corrected chi connectivity index (χ2v) is 8.11. The van der Waals surface area contributed by atoms with E-state index in [9.17, 15) is 16.8 Å². The molecule has 0 aliphatic heterocycles. The molecule has 0 aliphatic carbocycles. The first-order valence-corrected chi connectivity index (χ1v) is 8.42. The molecule has 0 saturated heterocycles. The van der Waals surface area contributed by atoms with Gasteiger partial charge in [0, 0.05) is 16.9 Å². The van der Waals surface area contributed by atoms with Gasteiger partial charge in [0.2, 0.25) is 9.05 Å². The van der Waals surface area contributed by atoms with E-state index < -0.39 is 30.4 Å². The summed E-state index contributed by atoms with van der Waals surface area (Å²) in [5.41, 5.74) is 0.481. The molecule has 0 saturated carbocycles. The third kappa shape index (κ3) is 3.73. The van der Waals surface area contributed by atoms with Crippen molar-refractivity contribution >= 4 is 29.6 Å². The highest BCUT2D eigenvalue weighted by molar-refractivity contribution is 8.14. The maximum absolute atomic E-state index is 11.7. The number of hydrogen-bond donors (Lipinski definition) is 0. The van der Waals surface area contributed by atoms with Crippen LogP contribution in [0.25, 0.3) is 0 Å². The average molecular weight is 284 g/mol. The number of sulfone groups is 1. The van der Waals surface area contributed by atoms with Crippen LogP contribution in [-0.4, -0.2) is 33.3 Å². The molecule has 5 nitrogen and oxygen atoms in total. The first-order valence-electron chi connectivity index (χ1n) is 4.29. The smallest absolute Gasteiger partial charge is 0.233 e. The van der Waals surface area contributed by atoms with Crippen LogP contribution in [0.15, 0.2) is 23.4 Å². The topological polar surface area (TPSA) is 81.2 Å². The van der Waals surface area contributed by atoms with Crippen molar-refractivity contribution in [1.29, 1.82) is 0 Å². The van der Waals surface area contributed by atoms with E-state index in [1.807, 2.05) is 0 Å². The molecule has 1 aromatic rings. The van der Waals surface area contributed by atoms with Crippen LogP contribution in [0.1, 0.15) is 5.56 Å². The monoisotopic (exact) mass is 283 g/mol. The van der Waals surface area contributed by atoms with Gasteiger partial charge in [-0.3, -0.25) is 0 Å². The Balaban J connectivity index is 3.01. The highest BCUT2D eigenvalue weighted by Gasteiger charge is 2.21. The molecule has 0 spiro atoms. The first-order chi connectivity index (χ1) is 7.22. The number of halogens is 1. The van der Waals surface area contributed by atoms with Crippen LogP contribution in [0.4, 0.5) is 0 Å². The summed E-state index contributed by atoms with van der Waals surface area (Å²) < 4.78 is 44.8. The Morgan fingerprint density at radius 1 is 1.25 bits per heavy atom. The van der Waals surface area contributed by atoms with Crippen LogP contribution >= 0.6 is 10.7 Å². The van der Waals surface area contributed by atoms with Crippen molar-refractivity contribution in [2.75, 3.05) is 11.5 Å². The fraction of sp³-hybridized carbons (Fsp3) is 0.375. The molecule has 1 heterocycles. The van der Waals surface area contributed by atoms with E-state index in [0.717, 1.165) is 0 Å². The molecule has 1 rings (SSSR count). The van der Waals surface area contributed by atoms with Gasteiger partial charge < -0.3 is 0 Å². The van der Waals surface area contributed by atoms with Gasteiger partial charge in [0.05, 0.1) is 11.5 Å².